The normalized spacial score (nSPS) is 37.1. The Morgan fingerprint density at radius 2 is 1.00 bits per heavy atom. The molecule has 0 aromatic heterocycles. The van der Waals surface area contributed by atoms with Gasteiger partial charge >= 0.3 is 0 Å². The van der Waals surface area contributed by atoms with E-state index in [-0.39, 0.29) is 0 Å². The number of rotatable bonds is 10. The molecule has 3 saturated carbocycles. The fourth-order valence-electron chi connectivity index (χ4n) is 6.84. The summed E-state index contributed by atoms with van der Waals surface area (Å²) < 4.78 is 6.09. The molecule has 0 bridgehead atoms. The summed E-state index contributed by atoms with van der Waals surface area (Å²) in [6.45, 7) is 5.59. The van der Waals surface area contributed by atoms with Gasteiger partial charge in [-0.25, -0.2) is 0 Å². The Hall–Kier alpha value is -0.0400. The first kappa shape index (κ1) is 22.6. The number of ether oxygens (including phenoxy) is 1. The van der Waals surface area contributed by atoms with E-state index in [0.29, 0.717) is 6.10 Å². The molecule has 0 unspecified atom stereocenters. The monoisotopic (exact) mass is 390 g/mol. The highest BCUT2D eigenvalue weighted by molar-refractivity contribution is 4.86. The Morgan fingerprint density at radius 3 is 1.50 bits per heavy atom. The lowest BCUT2D eigenvalue weighted by Crippen LogP contribution is -2.31. The van der Waals surface area contributed by atoms with Gasteiger partial charge in [-0.2, -0.15) is 0 Å². The van der Waals surface area contributed by atoms with Crippen LogP contribution in [0.25, 0.3) is 0 Å². The van der Waals surface area contributed by atoms with Gasteiger partial charge < -0.3 is 4.74 Å². The van der Waals surface area contributed by atoms with Gasteiger partial charge in [0.05, 0.1) is 6.10 Å². The minimum atomic E-state index is 0.589. The van der Waals surface area contributed by atoms with Gasteiger partial charge in [-0.05, 0) is 100 Å². The summed E-state index contributed by atoms with van der Waals surface area (Å²) in [6, 6.07) is 0. The summed E-state index contributed by atoms with van der Waals surface area (Å²) >= 11 is 0. The van der Waals surface area contributed by atoms with E-state index in [0.717, 1.165) is 36.2 Å². The molecule has 0 heterocycles. The first-order valence-corrected chi connectivity index (χ1v) is 13.4. The lowest BCUT2D eigenvalue weighted by molar-refractivity contribution is 0.00425. The van der Waals surface area contributed by atoms with E-state index in [4.69, 9.17) is 4.74 Å². The highest BCUT2D eigenvalue weighted by Crippen LogP contribution is 2.46. The SMILES string of the molecule is CCCCCC1CCC(C2CCC(C3CCC(OCCCC)CC3)CC2)CC1. The molecule has 1 heteroatoms. The maximum absolute atomic E-state index is 6.09. The van der Waals surface area contributed by atoms with Crippen LogP contribution in [0.3, 0.4) is 0 Å². The maximum Gasteiger partial charge on any atom is 0.0575 e. The van der Waals surface area contributed by atoms with Crippen molar-refractivity contribution in [3.8, 4) is 0 Å². The van der Waals surface area contributed by atoms with Gasteiger partial charge in [0.25, 0.3) is 0 Å². The second-order valence-corrected chi connectivity index (χ2v) is 10.7. The van der Waals surface area contributed by atoms with Crippen LogP contribution < -0.4 is 0 Å². The van der Waals surface area contributed by atoms with Gasteiger partial charge in [0, 0.05) is 6.61 Å². The van der Waals surface area contributed by atoms with E-state index in [1.807, 2.05) is 0 Å². The quantitative estimate of drug-likeness (QED) is 0.339. The van der Waals surface area contributed by atoms with Crippen molar-refractivity contribution in [1.29, 1.82) is 0 Å². The van der Waals surface area contributed by atoms with Crippen molar-refractivity contribution in [3.63, 3.8) is 0 Å². The predicted octanol–water partition coefficient (Wildman–Crippen LogP) is 8.56. The van der Waals surface area contributed by atoms with Gasteiger partial charge in [0.15, 0.2) is 0 Å². The molecular weight excluding hydrogens is 340 g/mol. The summed E-state index contributed by atoms with van der Waals surface area (Å²) in [6.07, 6.45) is 27.0. The third kappa shape index (κ3) is 7.03. The van der Waals surface area contributed by atoms with Crippen molar-refractivity contribution in [3.05, 3.63) is 0 Å². The van der Waals surface area contributed by atoms with E-state index in [2.05, 4.69) is 13.8 Å². The van der Waals surface area contributed by atoms with Crippen LogP contribution in [0.4, 0.5) is 0 Å². The van der Waals surface area contributed by atoms with Crippen molar-refractivity contribution in [2.24, 2.45) is 29.6 Å². The first-order chi connectivity index (χ1) is 13.8. The van der Waals surface area contributed by atoms with Crippen LogP contribution in [0, 0.1) is 29.6 Å². The van der Waals surface area contributed by atoms with Crippen molar-refractivity contribution in [2.45, 2.75) is 136 Å². The first-order valence-electron chi connectivity index (χ1n) is 13.4. The Balaban J connectivity index is 1.29. The zero-order valence-electron chi connectivity index (χ0n) is 19.3. The molecular formula is C27H50O. The van der Waals surface area contributed by atoms with Crippen molar-refractivity contribution in [1.82, 2.24) is 0 Å². The summed E-state index contributed by atoms with van der Waals surface area (Å²) in [5.41, 5.74) is 0. The fraction of sp³-hybridized carbons (Fsp3) is 1.00. The Kier molecular flexibility index (Phi) is 10.2. The molecule has 0 N–H and O–H groups in total. The number of hydrogen-bond acceptors (Lipinski definition) is 1. The average molecular weight is 391 g/mol. The highest BCUT2D eigenvalue weighted by Gasteiger charge is 2.34. The molecule has 0 aromatic rings. The van der Waals surface area contributed by atoms with Gasteiger partial charge in [0.2, 0.25) is 0 Å². The standard InChI is InChI=1S/C27H50O/c1-3-5-7-8-22-9-11-23(12-10-22)24-13-15-25(16-14-24)26-17-19-27(20-18-26)28-21-6-4-2/h22-27H,3-21H2,1-2H3. The van der Waals surface area contributed by atoms with E-state index in [1.165, 1.54) is 64.2 Å². The molecule has 0 radical (unpaired) electrons. The van der Waals surface area contributed by atoms with Crippen molar-refractivity contribution in [2.75, 3.05) is 6.61 Å². The molecule has 1 nitrogen and oxygen atoms in total. The summed E-state index contributed by atoms with van der Waals surface area (Å²) in [5, 5.41) is 0. The Morgan fingerprint density at radius 1 is 0.536 bits per heavy atom. The van der Waals surface area contributed by atoms with Gasteiger partial charge in [0.1, 0.15) is 0 Å². The summed E-state index contributed by atoms with van der Waals surface area (Å²) in [7, 11) is 0. The number of unbranched alkanes of at least 4 members (excludes halogenated alkanes) is 3. The zero-order chi connectivity index (χ0) is 19.6. The molecule has 0 aliphatic heterocycles. The molecule has 0 amide bonds. The lowest BCUT2D eigenvalue weighted by atomic mass is 9.65. The lowest BCUT2D eigenvalue weighted by Gasteiger charge is -2.41. The molecule has 3 fully saturated rings. The van der Waals surface area contributed by atoms with Crippen LogP contribution in [-0.2, 0) is 4.74 Å². The second-order valence-electron chi connectivity index (χ2n) is 10.7. The third-order valence-corrected chi connectivity index (χ3v) is 8.83. The van der Waals surface area contributed by atoms with Gasteiger partial charge in [-0.1, -0.05) is 58.8 Å². The van der Waals surface area contributed by atoms with Gasteiger partial charge in [-0.15, -0.1) is 0 Å². The maximum atomic E-state index is 6.09. The molecule has 164 valence electrons. The Bertz CT molecular complexity index is 343. The molecule has 3 aliphatic rings. The van der Waals surface area contributed by atoms with E-state index < -0.39 is 0 Å². The van der Waals surface area contributed by atoms with Crippen molar-refractivity contribution >= 4 is 0 Å². The Labute approximate surface area is 176 Å². The molecule has 0 atom stereocenters. The molecule has 0 aromatic carbocycles. The highest BCUT2D eigenvalue weighted by atomic mass is 16.5. The van der Waals surface area contributed by atoms with E-state index >= 15 is 0 Å². The number of hydrogen-bond donors (Lipinski definition) is 0. The van der Waals surface area contributed by atoms with Crippen LogP contribution in [0.15, 0.2) is 0 Å². The van der Waals surface area contributed by atoms with E-state index in [9.17, 15) is 0 Å². The fourth-order valence-corrected chi connectivity index (χ4v) is 6.84. The molecule has 0 spiro atoms. The molecule has 3 rings (SSSR count). The largest absolute Gasteiger partial charge is 0.378 e. The van der Waals surface area contributed by atoms with Crippen LogP contribution in [0.2, 0.25) is 0 Å². The zero-order valence-corrected chi connectivity index (χ0v) is 19.3. The summed E-state index contributed by atoms with van der Waals surface area (Å²) in [5.74, 6) is 5.33. The topological polar surface area (TPSA) is 9.23 Å². The van der Waals surface area contributed by atoms with Crippen LogP contribution in [0.5, 0.6) is 0 Å². The second kappa shape index (κ2) is 12.6. The molecule has 28 heavy (non-hydrogen) atoms. The van der Waals surface area contributed by atoms with Crippen LogP contribution >= 0.6 is 0 Å². The van der Waals surface area contributed by atoms with Crippen LogP contribution in [-0.4, -0.2) is 12.7 Å². The average Bonchev–Trinajstić information content (AvgIpc) is 2.75. The van der Waals surface area contributed by atoms with E-state index in [1.54, 1.807) is 51.4 Å². The van der Waals surface area contributed by atoms with Crippen LogP contribution in [0.1, 0.15) is 129 Å². The molecule has 3 aliphatic carbocycles. The van der Waals surface area contributed by atoms with Gasteiger partial charge in [-0.3, -0.25) is 0 Å². The summed E-state index contributed by atoms with van der Waals surface area (Å²) in [4.78, 5) is 0. The third-order valence-electron chi connectivity index (χ3n) is 8.83. The molecule has 0 saturated heterocycles. The minimum absolute atomic E-state index is 0.589. The predicted molar refractivity (Wildman–Crippen MR) is 122 cm³/mol. The van der Waals surface area contributed by atoms with Crippen molar-refractivity contribution < 1.29 is 4.74 Å². The smallest absolute Gasteiger partial charge is 0.0575 e. The minimum Gasteiger partial charge on any atom is -0.378 e.